The van der Waals surface area contributed by atoms with Crippen molar-refractivity contribution in [3.8, 4) is 11.3 Å². The number of carbonyl (C=O) groups excluding carboxylic acids is 1. The van der Waals surface area contributed by atoms with E-state index in [4.69, 9.17) is 11.6 Å². The van der Waals surface area contributed by atoms with Crippen LogP contribution in [-0.4, -0.2) is 22.3 Å². The van der Waals surface area contributed by atoms with E-state index >= 15 is 0 Å². The number of carbonyl (C=O) groups is 1. The van der Waals surface area contributed by atoms with Gasteiger partial charge in [-0.05, 0) is 24.6 Å². The Hall–Kier alpha value is -2.92. The highest BCUT2D eigenvalue weighted by Gasteiger charge is 2.16. The minimum Gasteiger partial charge on any atom is -0.272 e. The Balaban J connectivity index is 1.72. The van der Waals surface area contributed by atoms with Gasteiger partial charge in [-0.25, -0.2) is 5.43 Å². The molecule has 6 heteroatoms. The van der Waals surface area contributed by atoms with E-state index in [1.165, 1.54) is 0 Å². The van der Waals surface area contributed by atoms with Gasteiger partial charge in [0.15, 0.2) is 0 Å². The molecule has 5 nitrogen and oxygen atoms in total. The molecule has 0 fully saturated rings. The maximum Gasteiger partial charge on any atom is 0.289 e. The minimum absolute atomic E-state index is 0.340. The number of hydrogen-bond donors (Lipinski definition) is 2. The SMILES string of the molecule is Cc1c(-c2ccccc2)n[nH]c1C(=O)N/N=C\c1ccc(Cl)cc1. The van der Waals surface area contributed by atoms with Gasteiger partial charge in [-0.2, -0.15) is 10.2 Å². The lowest BCUT2D eigenvalue weighted by Crippen LogP contribution is -2.19. The number of rotatable bonds is 4. The smallest absolute Gasteiger partial charge is 0.272 e. The maximum absolute atomic E-state index is 12.2. The average molecular weight is 339 g/mol. The molecular weight excluding hydrogens is 324 g/mol. The van der Waals surface area contributed by atoms with Crippen LogP contribution in [0.2, 0.25) is 5.02 Å². The number of hydrogen-bond acceptors (Lipinski definition) is 3. The summed E-state index contributed by atoms with van der Waals surface area (Å²) in [5.74, 6) is -0.340. The largest absolute Gasteiger partial charge is 0.289 e. The molecule has 24 heavy (non-hydrogen) atoms. The third-order valence-electron chi connectivity index (χ3n) is 3.53. The summed E-state index contributed by atoms with van der Waals surface area (Å²) in [7, 11) is 0. The summed E-state index contributed by atoms with van der Waals surface area (Å²) < 4.78 is 0. The second kappa shape index (κ2) is 7.10. The zero-order valence-electron chi connectivity index (χ0n) is 13.0. The molecule has 2 N–H and O–H groups in total. The first-order valence-electron chi connectivity index (χ1n) is 7.34. The zero-order valence-corrected chi connectivity index (χ0v) is 13.7. The van der Waals surface area contributed by atoms with Crippen LogP contribution in [0, 0.1) is 6.92 Å². The molecule has 0 saturated carbocycles. The Morgan fingerprint density at radius 1 is 1.17 bits per heavy atom. The third kappa shape index (κ3) is 3.52. The van der Waals surface area contributed by atoms with Gasteiger partial charge in [-0.1, -0.05) is 54.1 Å². The predicted molar refractivity (Wildman–Crippen MR) is 95.3 cm³/mol. The lowest BCUT2D eigenvalue weighted by Gasteiger charge is -2.00. The molecule has 0 bridgehead atoms. The number of amides is 1. The highest BCUT2D eigenvalue weighted by atomic mass is 35.5. The molecule has 1 heterocycles. The van der Waals surface area contributed by atoms with Crippen LogP contribution in [0.3, 0.4) is 0 Å². The number of nitrogens with one attached hydrogen (secondary N) is 2. The molecule has 0 aliphatic heterocycles. The molecule has 120 valence electrons. The zero-order chi connectivity index (χ0) is 16.9. The highest BCUT2D eigenvalue weighted by Crippen LogP contribution is 2.22. The summed E-state index contributed by atoms with van der Waals surface area (Å²) in [6.07, 6.45) is 1.55. The topological polar surface area (TPSA) is 70.1 Å². The van der Waals surface area contributed by atoms with Gasteiger partial charge in [0.2, 0.25) is 0 Å². The summed E-state index contributed by atoms with van der Waals surface area (Å²) in [4.78, 5) is 12.2. The van der Waals surface area contributed by atoms with E-state index in [9.17, 15) is 4.79 Å². The summed E-state index contributed by atoms with van der Waals surface area (Å²) in [5.41, 5.74) is 6.21. The van der Waals surface area contributed by atoms with Gasteiger partial charge in [0.25, 0.3) is 5.91 Å². The van der Waals surface area contributed by atoms with Crippen LogP contribution < -0.4 is 5.43 Å². The first-order valence-corrected chi connectivity index (χ1v) is 7.72. The van der Waals surface area contributed by atoms with Gasteiger partial charge in [-0.15, -0.1) is 0 Å². The Kier molecular flexibility index (Phi) is 4.72. The second-order valence-corrected chi connectivity index (χ2v) is 5.63. The van der Waals surface area contributed by atoms with Crippen LogP contribution in [0.5, 0.6) is 0 Å². The van der Waals surface area contributed by atoms with Crippen LogP contribution >= 0.6 is 11.6 Å². The summed E-state index contributed by atoms with van der Waals surface area (Å²) in [6, 6.07) is 16.8. The lowest BCUT2D eigenvalue weighted by atomic mass is 10.1. The maximum atomic E-state index is 12.2. The summed E-state index contributed by atoms with van der Waals surface area (Å²) >= 11 is 5.82. The second-order valence-electron chi connectivity index (χ2n) is 5.19. The molecule has 2 aromatic carbocycles. The number of halogens is 1. The molecule has 0 radical (unpaired) electrons. The highest BCUT2D eigenvalue weighted by molar-refractivity contribution is 6.30. The van der Waals surface area contributed by atoms with Crippen molar-refractivity contribution in [1.29, 1.82) is 0 Å². The van der Waals surface area contributed by atoms with Gasteiger partial charge >= 0.3 is 0 Å². The van der Waals surface area contributed by atoms with Gasteiger partial charge in [0.1, 0.15) is 5.69 Å². The molecule has 0 aliphatic carbocycles. The third-order valence-corrected chi connectivity index (χ3v) is 3.79. The van der Waals surface area contributed by atoms with Crippen LogP contribution in [0.4, 0.5) is 0 Å². The monoisotopic (exact) mass is 338 g/mol. The van der Waals surface area contributed by atoms with Crippen molar-refractivity contribution in [2.45, 2.75) is 6.92 Å². The summed E-state index contributed by atoms with van der Waals surface area (Å²) in [5, 5.41) is 11.6. The van der Waals surface area contributed by atoms with Gasteiger partial charge in [-0.3, -0.25) is 9.89 Å². The van der Waals surface area contributed by atoms with Crippen LogP contribution in [0.25, 0.3) is 11.3 Å². The van der Waals surface area contributed by atoms with Crippen molar-refractivity contribution in [2.75, 3.05) is 0 Å². The quantitative estimate of drug-likeness (QED) is 0.561. The molecule has 1 aromatic heterocycles. The molecular formula is C18H15ClN4O. The first kappa shape index (κ1) is 16.0. The van der Waals surface area contributed by atoms with Gasteiger partial charge < -0.3 is 0 Å². The number of hydrazone groups is 1. The average Bonchev–Trinajstić information content (AvgIpc) is 2.99. The van der Waals surface area contributed by atoms with Crippen molar-refractivity contribution in [3.05, 3.63) is 76.4 Å². The van der Waals surface area contributed by atoms with Crippen molar-refractivity contribution in [1.82, 2.24) is 15.6 Å². The van der Waals surface area contributed by atoms with E-state index in [1.807, 2.05) is 49.4 Å². The van der Waals surface area contributed by atoms with E-state index in [1.54, 1.807) is 18.3 Å². The van der Waals surface area contributed by atoms with E-state index in [2.05, 4.69) is 20.7 Å². The fourth-order valence-electron chi connectivity index (χ4n) is 2.27. The van der Waals surface area contributed by atoms with Crippen molar-refractivity contribution in [2.24, 2.45) is 5.10 Å². The number of benzene rings is 2. The number of H-pyrrole nitrogens is 1. The molecule has 3 aromatic rings. The molecule has 0 unspecified atom stereocenters. The number of nitrogens with zero attached hydrogens (tertiary/aromatic N) is 2. The van der Waals surface area contributed by atoms with Crippen LogP contribution in [-0.2, 0) is 0 Å². The number of aromatic amines is 1. The van der Waals surface area contributed by atoms with Crippen LogP contribution in [0.15, 0.2) is 59.7 Å². The van der Waals surface area contributed by atoms with Gasteiger partial charge in [0, 0.05) is 16.1 Å². The molecule has 0 spiro atoms. The van der Waals surface area contributed by atoms with E-state index < -0.39 is 0 Å². The van der Waals surface area contributed by atoms with E-state index in [0.29, 0.717) is 10.7 Å². The molecule has 1 amide bonds. The minimum atomic E-state index is -0.340. The summed E-state index contributed by atoms with van der Waals surface area (Å²) in [6.45, 7) is 1.85. The fraction of sp³-hybridized carbons (Fsp3) is 0.0556. The standard InChI is InChI=1S/C18H15ClN4O/c1-12-16(14-5-3-2-4-6-14)21-22-17(12)18(24)23-20-11-13-7-9-15(19)10-8-13/h2-11H,1H3,(H,21,22)(H,23,24)/b20-11-. The Bertz CT molecular complexity index is 870. The molecule has 0 saturated heterocycles. The normalized spacial score (nSPS) is 10.9. The van der Waals surface area contributed by atoms with Crippen molar-refractivity contribution in [3.63, 3.8) is 0 Å². The predicted octanol–water partition coefficient (Wildman–Crippen LogP) is 3.80. The van der Waals surface area contributed by atoms with E-state index in [0.717, 1.165) is 22.4 Å². The Labute approximate surface area is 144 Å². The van der Waals surface area contributed by atoms with Gasteiger partial charge in [0.05, 0.1) is 11.9 Å². The van der Waals surface area contributed by atoms with Crippen molar-refractivity contribution >= 4 is 23.7 Å². The molecule has 3 rings (SSSR count). The van der Waals surface area contributed by atoms with E-state index in [-0.39, 0.29) is 5.91 Å². The van der Waals surface area contributed by atoms with Crippen molar-refractivity contribution < 1.29 is 4.79 Å². The first-order chi connectivity index (χ1) is 11.6. The lowest BCUT2D eigenvalue weighted by molar-refractivity contribution is 0.0949. The van der Waals surface area contributed by atoms with Crippen LogP contribution in [0.1, 0.15) is 21.6 Å². The molecule has 0 aliphatic rings. The number of aromatic nitrogens is 2. The Morgan fingerprint density at radius 3 is 2.58 bits per heavy atom. The molecule has 0 atom stereocenters. The Morgan fingerprint density at radius 2 is 1.88 bits per heavy atom. The fourth-order valence-corrected chi connectivity index (χ4v) is 2.39.